The summed E-state index contributed by atoms with van der Waals surface area (Å²) in [5.41, 5.74) is 0. The molecule has 1 unspecified atom stereocenters. The number of carbonyl (C=O) groups excluding carboxylic acids is 3. The molecule has 1 saturated heterocycles. The third kappa shape index (κ3) is 43.1. The number of hydrogen-bond acceptors (Lipinski definition) is 13. The van der Waals surface area contributed by atoms with Crippen molar-refractivity contribution in [2.75, 3.05) is 112 Å². The first-order valence-corrected chi connectivity index (χ1v) is 28.5. The predicted molar refractivity (Wildman–Crippen MR) is 290 cm³/mol. The summed E-state index contributed by atoms with van der Waals surface area (Å²) >= 11 is 0. The van der Waals surface area contributed by atoms with Gasteiger partial charge in [0.25, 0.3) is 0 Å². The second-order valence-corrected chi connectivity index (χ2v) is 20.2. The molecule has 1 heterocycles. The standard InChI is InChI=1S/C56H102N6O11/c1-4-6-8-10-12-14-16-18-20-22-24-26-28-32-55(70)72-49-50(73-56(71)33-29-27-25-23-21-19-17-15-13-11-9-7-5-2)44-58(3)35-31-30-34-57-51(63)45-59-36-38-60(46-52(64)65)40-42-62(48-54(68)69)43-41-61(39-37-59)47-53(66)67/h14-17,50H,4-13,18-49H2,1-3H3,(H,57,63)(H,64,65)(H,66,67)(H,68,69)/b16-14+,17-15+. The molecule has 17 heteroatoms. The van der Waals surface area contributed by atoms with Gasteiger partial charge in [-0.3, -0.25) is 48.4 Å². The third-order valence-corrected chi connectivity index (χ3v) is 13.2. The molecule has 0 aromatic carbocycles. The topological polar surface area (TPSA) is 210 Å². The maximum atomic E-state index is 13.2. The lowest BCUT2D eigenvalue weighted by atomic mass is 10.1. The van der Waals surface area contributed by atoms with Crippen LogP contribution >= 0.6 is 0 Å². The highest BCUT2D eigenvalue weighted by molar-refractivity contribution is 5.78. The van der Waals surface area contributed by atoms with E-state index in [1.807, 2.05) is 11.9 Å². The smallest absolute Gasteiger partial charge is 0.317 e. The largest absolute Gasteiger partial charge is 0.480 e. The SMILES string of the molecule is CCCCCC/C=C/CCCCCCCC(=O)OCC(CN(C)CCCCNC(=O)CN1CCN(CC(=O)O)CCN(CC(=O)O)CCN(CC(=O)O)CC1)OC(=O)CCCCCCC/C=C/CCCCCC. The number of carboxylic acid groups (broad SMARTS) is 3. The Kier molecular flexibility index (Phi) is 42.9. The average Bonchev–Trinajstić information content (AvgIpc) is 3.33. The lowest BCUT2D eigenvalue weighted by molar-refractivity contribution is -0.160. The van der Waals surface area contributed by atoms with Crippen molar-refractivity contribution >= 4 is 35.8 Å². The predicted octanol–water partition coefficient (Wildman–Crippen LogP) is 8.26. The van der Waals surface area contributed by atoms with Gasteiger partial charge in [-0.25, -0.2) is 0 Å². The van der Waals surface area contributed by atoms with E-state index in [1.165, 1.54) is 64.2 Å². The summed E-state index contributed by atoms with van der Waals surface area (Å²) in [5, 5.41) is 31.5. The van der Waals surface area contributed by atoms with Crippen LogP contribution in [0.15, 0.2) is 24.3 Å². The number of unbranched alkanes of at least 4 members (excludes halogenated alkanes) is 19. The van der Waals surface area contributed by atoms with Gasteiger partial charge in [0.05, 0.1) is 26.2 Å². The fraction of sp³-hybridized carbons (Fsp3) is 0.821. The van der Waals surface area contributed by atoms with Gasteiger partial charge in [0, 0.05) is 78.3 Å². The highest BCUT2D eigenvalue weighted by atomic mass is 16.6. The van der Waals surface area contributed by atoms with Crippen molar-refractivity contribution < 1.29 is 53.6 Å². The number of hydrogen-bond donors (Lipinski definition) is 4. The Balaban J connectivity index is 2.65. The molecule has 0 aliphatic carbocycles. The number of amides is 1. The van der Waals surface area contributed by atoms with Gasteiger partial charge in [0.1, 0.15) is 12.7 Å². The second kappa shape index (κ2) is 46.6. The lowest BCUT2D eigenvalue weighted by Gasteiger charge is -2.32. The number of aliphatic carboxylic acids is 3. The van der Waals surface area contributed by atoms with E-state index in [4.69, 9.17) is 9.47 Å². The monoisotopic (exact) mass is 1030 g/mol. The molecule has 422 valence electrons. The van der Waals surface area contributed by atoms with Crippen LogP contribution in [0.5, 0.6) is 0 Å². The zero-order valence-electron chi connectivity index (χ0n) is 45.9. The molecule has 1 aliphatic heterocycles. The number of rotatable bonds is 44. The number of carbonyl (C=O) groups is 6. The molecular weight excluding hydrogens is 933 g/mol. The number of nitrogens with one attached hydrogen (secondary N) is 1. The molecule has 1 aliphatic rings. The van der Waals surface area contributed by atoms with E-state index in [0.29, 0.717) is 91.3 Å². The minimum absolute atomic E-state index is 0.00364. The molecule has 0 saturated carbocycles. The van der Waals surface area contributed by atoms with Gasteiger partial charge in [-0.15, -0.1) is 0 Å². The molecule has 1 amide bonds. The Morgan fingerprint density at radius 2 is 0.863 bits per heavy atom. The number of ether oxygens (including phenoxy) is 2. The molecule has 1 rings (SSSR count). The van der Waals surface area contributed by atoms with Crippen LogP contribution in [0.3, 0.4) is 0 Å². The van der Waals surface area contributed by atoms with Crippen LogP contribution in [0.4, 0.5) is 0 Å². The van der Waals surface area contributed by atoms with Gasteiger partial charge >= 0.3 is 29.8 Å². The van der Waals surface area contributed by atoms with E-state index in [1.54, 1.807) is 14.7 Å². The van der Waals surface area contributed by atoms with Crippen LogP contribution < -0.4 is 5.32 Å². The van der Waals surface area contributed by atoms with Crippen LogP contribution in [-0.2, 0) is 38.2 Å². The van der Waals surface area contributed by atoms with Gasteiger partial charge in [0.2, 0.25) is 5.91 Å². The van der Waals surface area contributed by atoms with Gasteiger partial charge in [-0.1, -0.05) is 115 Å². The van der Waals surface area contributed by atoms with Gasteiger partial charge in [0.15, 0.2) is 0 Å². The summed E-state index contributed by atoms with van der Waals surface area (Å²) in [7, 11) is 1.94. The molecular formula is C56H102N6O11. The summed E-state index contributed by atoms with van der Waals surface area (Å²) in [6, 6.07) is 0. The molecule has 1 fully saturated rings. The average molecular weight is 1040 g/mol. The molecule has 17 nitrogen and oxygen atoms in total. The summed E-state index contributed by atoms with van der Waals surface area (Å²) in [4.78, 5) is 82.9. The van der Waals surface area contributed by atoms with Gasteiger partial charge in [-0.2, -0.15) is 0 Å². The van der Waals surface area contributed by atoms with Crippen molar-refractivity contribution in [3.8, 4) is 0 Å². The Bertz CT molecular complexity index is 1480. The summed E-state index contributed by atoms with van der Waals surface area (Å²) in [6.45, 7) is 7.89. The number of nitrogens with zero attached hydrogens (tertiary/aromatic N) is 5. The van der Waals surface area contributed by atoms with E-state index < -0.39 is 24.0 Å². The maximum absolute atomic E-state index is 13.2. The number of esters is 2. The number of allylic oxidation sites excluding steroid dienone is 4. The van der Waals surface area contributed by atoms with E-state index >= 15 is 0 Å². The Morgan fingerprint density at radius 3 is 1.27 bits per heavy atom. The first-order valence-electron chi connectivity index (χ1n) is 28.5. The molecule has 4 N–H and O–H groups in total. The first-order chi connectivity index (χ1) is 35.3. The fourth-order valence-electron chi connectivity index (χ4n) is 8.82. The van der Waals surface area contributed by atoms with Gasteiger partial charge in [-0.05, 0) is 90.6 Å². The molecule has 0 aromatic rings. The molecule has 0 radical (unpaired) electrons. The highest BCUT2D eigenvalue weighted by Crippen LogP contribution is 2.13. The Hall–Kier alpha value is -3.90. The van der Waals surface area contributed by atoms with Crippen LogP contribution in [-0.4, -0.2) is 194 Å². The highest BCUT2D eigenvalue weighted by Gasteiger charge is 2.22. The fourth-order valence-corrected chi connectivity index (χ4v) is 8.82. The van der Waals surface area contributed by atoms with Crippen LogP contribution in [0, 0.1) is 0 Å². The van der Waals surface area contributed by atoms with E-state index in [9.17, 15) is 44.1 Å². The molecule has 73 heavy (non-hydrogen) atoms. The third-order valence-electron chi connectivity index (χ3n) is 13.2. The minimum Gasteiger partial charge on any atom is -0.480 e. The Labute approximate surface area is 440 Å². The van der Waals surface area contributed by atoms with Crippen LogP contribution in [0.1, 0.15) is 181 Å². The number of likely N-dealkylation sites (N-methyl/N-ethyl adjacent to an activating group) is 1. The van der Waals surface area contributed by atoms with Crippen LogP contribution in [0.25, 0.3) is 0 Å². The molecule has 0 bridgehead atoms. The quantitative estimate of drug-likeness (QED) is 0.0257. The summed E-state index contributed by atoms with van der Waals surface area (Å²) in [5.74, 6) is -3.79. The van der Waals surface area contributed by atoms with Crippen molar-refractivity contribution in [3.05, 3.63) is 24.3 Å². The van der Waals surface area contributed by atoms with Crippen molar-refractivity contribution in [3.63, 3.8) is 0 Å². The first kappa shape index (κ1) is 67.1. The minimum atomic E-state index is -1.02. The van der Waals surface area contributed by atoms with E-state index in [0.717, 1.165) is 83.5 Å². The second-order valence-electron chi connectivity index (χ2n) is 20.2. The van der Waals surface area contributed by atoms with Crippen molar-refractivity contribution in [2.24, 2.45) is 0 Å². The zero-order chi connectivity index (χ0) is 53.6. The normalized spacial score (nSPS) is 15.3. The maximum Gasteiger partial charge on any atom is 0.317 e. The van der Waals surface area contributed by atoms with Crippen molar-refractivity contribution in [1.29, 1.82) is 0 Å². The molecule has 0 spiro atoms. The van der Waals surface area contributed by atoms with Crippen LogP contribution in [0.2, 0.25) is 0 Å². The number of carboxylic acids is 3. The lowest BCUT2D eigenvalue weighted by Crippen LogP contribution is -2.49. The van der Waals surface area contributed by atoms with E-state index in [-0.39, 0.29) is 50.6 Å². The van der Waals surface area contributed by atoms with Crippen molar-refractivity contribution in [1.82, 2.24) is 29.8 Å². The van der Waals surface area contributed by atoms with E-state index in [2.05, 4.69) is 48.4 Å². The molecule has 0 aromatic heterocycles. The van der Waals surface area contributed by atoms with Crippen molar-refractivity contribution in [2.45, 2.75) is 187 Å². The summed E-state index contributed by atoms with van der Waals surface area (Å²) < 4.78 is 11.6. The van der Waals surface area contributed by atoms with Gasteiger partial charge < -0.3 is 35.0 Å². The zero-order valence-corrected chi connectivity index (χ0v) is 45.9. The molecule has 1 atom stereocenters. The summed E-state index contributed by atoms with van der Waals surface area (Å²) in [6.07, 6.45) is 35.8. The Morgan fingerprint density at radius 1 is 0.493 bits per heavy atom.